The van der Waals surface area contributed by atoms with Crippen LogP contribution in [0.5, 0.6) is 0 Å². The SMILES string of the molecule is C#CCOC(=O)N[C@H](C)C(=O)OCCC. The Morgan fingerprint density at radius 2 is 2.13 bits per heavy atom. The van der Waals surface area contributed by atoms with E-state index in [2.05, 4.69) is 16.0 Å². The second kappa shape index (κ2) is 7.68. The highest BCUT2D eigenvalue weighted by atomic mass is 16.6. The summed E-state index contributed by atoms with van der Waals surface area (Å²) < 4.78 is 9.33. The van der Waals surface area contributed by atoms with E-state index in [1.807, 2.05) is 6.92 Å². The summed E-state index contributed by atoms with van der Waals surface area (Å²) in [6.45, 7) is 3.61. The average Bonchev–Trinajstić information content (AvgIpc) is 2.22. The van der Waals surface area contributed by atoms with Gasteiger partial charge in [0, 0.05) is 0 Å². The maximum Gasteiger partial charge on any atom is 0.408 e. The van der Waals surface area contributed by atoms with Gasteiger partial charge in [-0.25, -0.2) is 9.59 Å². The summed E-state index contributed by atoms with van der Waals surface area (Å²) in [6, 6.07) is -0.734. The summed E-state index contributed by atoms with van der Waals surface area (Å²) in [5, 5.41) is 2.29. The Bertz CT molecular complexity index is 257. The molecule has 15 heavy (non-hydrogen) atoms. The van der Waals surface area contributed by atoms with Gasteiger partial charge in [-0.15, -0.1) is 6.42 Å². The molecule has 0 aliphatic carbocycles. The van der Waals surface area contributed by atoms with Gasteiger partial charge in [0.1, 0.15) is 6.04 Å². The molecule has 0 spiro atoms. The highest BCUT2D eigenvalue weighted by Gasteiger charge is 2.16. The van der Waals surface area contributed by atoms with Gasteiger partial charge in [-0.3, -0.25) is 0 Å². The topological polar surface area (TPSA) is 64.6 Å². The average molecular weight is 213 g/mol. The smallest absolute Gasteiger partial charge is 0.408 e. The summed E-state index contributed by atoms with van der Waals surface area (Å²) in [6.07, 6.45) is 4.89. The minimum atomic E-state index is -0.734. The van der Waals surface area contributed by atoms with Gasteiger partial charge < -0.3 is 14.8 Å². The van der Waals surface area contributed by atoms with E-state index in [0.717, 1.165) is 6.42 Å². The predicted octanol–water partition coefficient (Wildman–Crippen LogP) is 0.687. The molecule has 1 N–H and O–H groups in total. The van der Waals surface area contributed by atoms with Crippen LogP contribution in [0.15, 0.2) is 0 Å². The number of esters is 1. The molecule has 0 aromatic carbocycles. The van der Waals surface area contributed by atoms with Crippen LogP contribution in [0.25, 0.3) is 0 Å². The van der Waals surface area contributed by atoms with E-state index in [9.17, 15) is 9.59 Å². The quantitative estimate of drug-likeness (QED) is 0.539. The van der Waals surface area contributed by atoms with Crippen LogP contribution in [0.2, 0.25) is 0 Å². The third-order valence-electron chi connectivity index (χ3n) is 1.42. The lowest BCUT2D eigenvalue weighted by Crippen LogP contribution is -2.40. The van der Waals surface area contributed by atoms with Gasteiger partial charge in [-0.05, 0) is 13.3 Å². The molecule has 0 bridgehead atoms. The number of amides is 1. The third-order valence-corrected chi connectivity index (χ3v) is 1.42. The van der Waals surface area contributed by atoms with E-state index >= 15 is 0 Å². The van der Waals surface area contributed by atoms with Crippen LogP contribution in [0.3, 0.4) is 0 Å². The molecule has 0 unspecified atom stereocenters. The molecule has 1 amide bonds. The van der Waals surface area contributed by atoms with Crippen molar-refractivity contribution in [3.05, 3.63) is 0 Å². The number of terminal acetylenes is 1. The van der Waals surface area contributed by atoms with Crippen molar-refractivity contribution >= 4 is 12.1 Å². The van der Waals surface area contributed by atoms with Crippen molar-refractivity contribution in [1.82, 2.24) is 5.32 Å². The number of rotatable bonds is 5. The number of carbonyl (C=O) groups is 2. The largest absolute Gasteiger partial charge is 0.464 e. The van der Waals surface area contributed by atoms with Crippen molar-refractivity contribution in [1.29, 1.82) is 0 Å². The standard InChI is InChI=1S/C10H15NO4/c1-4-6-14-9(12)8(3)11-10(13)15-7-5-2/h2,8H,4,6-7H2,1,3H3,(H,11,13)/t8-/m1/s1. The fourth-order valence-electron chi connectivity index (χ4n) is 0.712. The fourth-order valence-corrected chi connectivity index (χ4v) is 0.712. The maximum absolute atomic E-state index is 11.2. The molecule has 0 radical (unpaired) electrons. The van der Waals surface area contributed by atoms with E-state index in [1.165, 1.54) is 6.92 Å². The molecule has 0 heterocycles. The summed E-state index contributed by atoms with van der Waals surface area (Å²) >= 11 is 0. The van der Waals surface area contributed by atoms with Crippen LogP contribution in [0, 0.1) is 12.3 Å². The van der Waals surface area contributed by atoms with Gasteiger partial charge >= 0.3 is 12.1 Å². The molecule has 0 aliphatic heterocycles. The van der Waals surface area contributed by atoms with Gasteiger partial charge in [0.05, 0.1) is 6.61 Å². The molecule has 0 aromatic heterocycles. The first-order valence-electron chi connectivity index (χ1n) is 4.65. The van der Waals surface area contributed by atoms with Crippen LogP contribution >= 0.6 is 0 Å². The zero-order chi connectivity index (χ0) is 11.7. The van der Waals surface area contributed by atoms with Crippen molar-refractivity contribution in [2.45, 2.75) is 26.3 Å². The van der Waals surface area contributed by atoms with Gasteiger partial charge in [0.25, 0.3) is 0 Å². The summed E-state index contributed by atoms with van der Waals surface area (Å²) in [5.41, 5.74) is 0. The number of carbonyl (C=O) groups excluding carboxylic acids is 2. The summed E-state index contributed by atoms with van der Waals surface area (Å²) in [5.74, 6) is 1.64. The Morgan fingerprint density at radius 3 is 2.67 bits per heavy atom. The van der Waals surface area contributed by atoms with Crippen LogP contribution in [0.4, 0.5) is 4.79 Å². The maximum atomic E-state index is 11.2. The highest BCUT2D eigenvalue weighted by molar-refractivity contribution is 5.80. The van der Waals surface area contributed by atoms with Gasteiger partial charge in [-0.2, -0.15) is 0 Å². The molecule has 0 saturated heterocycles. The first-order valence-corrected chi connectivity index (χ1v) is 4.65. The molecule has 0 aliphatic rings. The first kappa shape index (κ1) is 13.3. The second-order valence-corrected chi connectivity index (χ2v) is 2.81. The highest BCUT2D eigenvalue weighted by Crippen LogP contribution is 1.91. The van der Waals surface area contributed by atoms with E-state index in [1.54, 1.807) is 0 Å². The van der Waals surface area contributed by atoms with Crippen molar-refractivity contribution in [2.24, 2.45) is 0 Å². The molecule has 5 nitrogen and oxygen atoms in total. The van der Waals surface area contributed by atoms with E-state index in [4.69, 9.17) is 11.2 Å². The number of hydrogen-bond acceptors (Lipinski definition) is 4. The molecule has 0 aromatic rings. The minimum Gasteiger partial charge on any atom is -0.464 e. The van der Waals surface area contributed by atoms with Crippen molar-refractivity contribution in [2.75, 3.05) is 13.2 Å². The first-order chi connectivity index (χ1) is 7.11. The monoisotopic (exact) mass is 213 g/mol. The Hall–Kier alpha value is -1.70. The normalized spacial score (nSPS) is 11.0. The number of alkyl carbamates (subject to hydrolysis) is 1. The lowest BCUT2D eigenvalue weighted by Gasteiger charge is -2.12. The van der Waals surface area contributed by atoms with Crippen LogP contribution in [-0.4, -0.2) is 31.3 Å². The summed E-state index contributed by atoms with van der Waals surface area (Å²) in [4.78, 5) is 22.1. The van der Waals surface area contributed by atoms with Crippen molar-refractivity contribution in [3.63, 3.8) is 0 Å². The lowest BCUT2D eigenvalue weighted by atomic mass is 10.3. The number of hydrogen-bond donors (Lipinski definition) is 1. The zero-order valence-electron chi connectivity index (χ0n) is 8.91. The number of nitrogens with one attached hydrogen (secondary N) is 1. The lowest BCUT2D eigenvalue weighted by molar-refractivity contribution is -0.145. The summed E-state index contributed by atoms with van der Waals surface area (Å²) in [7, 11) is 0. The van der Waals surface area contributed by atoms with E-state index in [0.29, 0.717) is 6.61 Å². The Kier molecular flexibility index (Phi) is 6.81. The van der Waals surface area contributed by atoms with Crippen molar-refractivity contribution < 1.29 is 19.1 Å². The van der Waals surface area contributed by atoms with Gasteiger partial charge in [0.2, 0.25) is 0 Å². The van der Waals surface area contributed by atoms with Gasteiger partial charge in [0.15, 0.2) is 6.61 Å². The molecule has 0 fully saturated rings. The Labute approximate surface area is 89.1 Å². The molecule has 1 atom stereocenters. The minimum absolute atomic E-state index is 0.122. The second-order valence-electron chi connectivity index (χ2n) is 2.81. The van der Waals surface area contributed by atoms with Gasteiger partial charge in [-0.1, -0.05) is 12.8 Å². The molecular formula is C10H15NO4. The van der Waals surface area contributed by atoms with Crippen LogP contribution in [-0.2, 0) is 14.3 Å². The van der Waals surface area contributed by atoms with E-state index in [-0.39, 0.29) is 6.61 Å². The number of ether oxygens (including phenoxy) is 2. The van der Waals surface area contributed by atoms with Crippen LogP contribution in [0.1, 0.15) is 20.3 Å². The zero-order valence-corrected chi connectivity index (χ0v) is 8.91. The predicted molar refractivity (Wildman–Crippen MR) is 54.0 cm³/mol. The fraction of sp³-hybridized carbons (Fsp3) is 0.600. The third kappa shape index (κ3) is 6.38. The molecule has 0 rings (SSSR count). The Morgan fingerprint density at radius 1 is 1.47 bits per heavy atom. The van der Waals surface area contributed by atoms with E-state index < -0.39 is 18.1 Å². The van der Waals surface area contributed by atoms with Crippen molar-refractivity contribution in [3.8, 4) is 12.3 Å². The molecule has 0 saturated carbocycles. The molecule has 84 valence electrons. The van der Waals surface area contributed by atoms with Crippen LogP contribution < -0.4 is 5.32 Å². The Balaban J connectivity index is 3.81. The molecular weight excluding hydrogens is 198 g/mol. The molecule has 5 heteroatoms.